The smallest absolute Gasteiger partial charge is 0.327 e. The minimum atomic E-state index is -0.792. The third-order valence-corrected chi connectivity index (χ3v) is 6.65. The van der Waals surface area contributed by atoms with Crippen molar-refractivity contribution in [3.63, 3.8) is 0 Å². The average molecular weight is 436 g/mol. The van der Waals surface area contributed by atoms with Crippen LogP contribution in [0.2, 0.25) is 0 Å². The number of anilines is 1. The second-order valence-electron chi connectivity index (χ2n) is 8.49. The van der Waals surface area contributed by atoms with Gasteiger partial charge in [0, 0.05) is 12.7 Å². The molecule has 1 aliphatic carbocycles. The topological polar surface area (TPSA) is 70.2 Å². The highest BCUT2D eigenvalue weighted by Crippen LogP contribution is 2.39. The summed E-state index contributed by atoms with van der Waals surface area (Å²) < 4.78 is 5.23. The zero-order valence-electron chi connectivity index (χ0n) is 18.6. The van der Waals surface area contributed by atoms with E-state index in [2.05, 4.69) is 0 Å². The summed E-state index contributed by atoms with van der Waals surface area (Å²) in [5.41, 5.74) is 0.844. The van der Waals surface area contributed by atoms with Crippen LogP contribution in [-0.4, -0.2) is 53.9 Å². The number of imide groups is 1. The number of rotatable bonds is 6. The van der Waals surface area contributed by atoms with Crippen LogP contribution < -0.4 is 9.64 Å². The third-order valence-electron chi connectivity index (χ3n) is 6.65. The van der Waals surface area contributed by atoms with Gasteiger partial charge in [-0.25, -0.2) is 4.79 Å². The van der Waals surface area contributed by atoms with Crippen LogP contribution in [0.1, 0.15) is 37.7 Å². The molecule has 1 heterocycles. The first-order chi connectivity index (χ1) is 15.5. The lowest BCUT2D eigenvalue weighted by Gasteiger charge is -2.35. The van der Waals surface area contributed by atoms with Gasteiger partial charge in [0.2, 0.25) is 5.91 Å². The second-order valence-corrected chi connectivity index (χ2v) is 8.49. The van der Waals surface area contributed by atoms with Gasteiger partial charge in [0.15, 0.2) is 0 Å². The summed E-state index contributed by atoms with van der Waals surface area (Å²) in [5.74, 6) is 0.140. The Hall–Kier alpha value is -3.35. The Morgan fingerprint density at radius 3 is 2.28 bits per heavy atom. The maximum absolute atomic E-state index is 13.5. The fraction of sp³-hybridized carbons (Fsp3) is 0.400. The first-order valence-corrected chi connectivity index (χ1v) is 11.0. The monoisotopic (exact) mass is 435 g/mol. The molecule has 1 aliphatic heterocycles. The molecule has 2 fully saturated rings. The Bertz CT molecular complexity index is 984. The molecule has 4 rings (SSSR count). The lowest BCUT2D eigenvalue weighted by atomic mass is 9.81. The number of likely N-dealkylation sites (N-methyl/N-ethyl adjacent to an activating group) is 1. The molecular weight excluding hydrogens is 406 g/mol. The molecule has 1 spiro atoms. The van der Waals surface area contributed by atoms with E-state index in [9.17, 15) is 14.4 Å². The van der Waals surface area contributed by atoms with Gasteiger partial charge in [-0.2, -0.15) is 0 Å². The van der Waals surface area contributed by atoms with Crippen molar-refractivity contribution in [1.82, 2.24) is 9.80 Å². The highest BCUT2D eigenvalue weighted by molar-refractivity contribution is 6.10. The zero-order valence-corrected chi connectivity index (χ0v) is 18.6. The number of nitrogens with zero attached hydrogens (tertiary/aromatic N) is 3. The van der Waals surface area contributed by atoms with E-state index in [1.165, 1.54) is 0 Å². The van der Waals surface area contributed by atoms with Crippen molar-refractivity contribution in [2.45, 2.75) is 44.2 Å². The highest BCUT2D eigenvalue weighted by Gasteiger charge is 2.56. The number of benzene rings is 2. The first-order valence-electron chi connectivity index (χ1n) is 11.0. The van der Waals surface area contributed by atoms with Gasteiger partial charge in [0.1, 0.15) is 17.8 Å². The molecule has 0 atom stereocenters. The molecule has 2 aromatic rings. The second kappa shape index (κ2) is 9.02. The summed E-state index contributed by atoms with van der Waals surface area (Å²) in [6.45, 7) is 0.0613. The van der Waals surface area contributed by atoms with Gasteiger partial charge in [-0.1, -0.05) is 49.6 Å². The Balaban J connectivity index is 1.59. The van der Waals surface area contributed by atoms with Gasteiger partial charge in [-0.15, -0.1) is 0 Å². The molecular formula is C25H29N3O4. The summed E-state index contributed by atoms with van der Waals surface area (Å²) in [5, 5.41) is 0. The van der Waals surface area contributed by atoms with Crippen LogP contribution in [0.4, 0.5) is 10.5 Å². The number of carbonyl (C=O) groups excluding carboxylic acids is 3. The van der Waals surface area contributed by atoms with Crippen LogP contribution in [0, 0.1) is 0 Å². The number of carbonyl (C=O) groups is 3. The van der Waals surface area contributed by atoms with Crippen LogP contribution in [0.25, 0.3) is 0 Å². The molecule has 1 saturated carbocycles. The van der Waals surface area contributed by atoms with Crippen molar-refractivity contribution in [2.24, 2.45) is 0 Å². The fourth-order valence-electron chi connectivity index (χ4n) is 4.74. The van der Waals surface area contributed by atoms with E-state index in [-0.39, 0.29) is 24.4 Å². The molecule has 7 heteroatoms. The molecule has 0 bridgehead atoms. The van der Waals surface area contributed by atoms with E-state index in [1.807, 2.05) is 42.5 Å². The summed E-state index contributed by atoms with van der Waals surface area (Å²) in [4.78, 5) is 44.0. The zero-order chi connectivity index (χ0) is 22.7. The highest BCUT2D eigenvalue weighted by atomic mass is 16.5. The number of methoxy groups -OCH3 is 1. The number of amides is 4. The number of hydrogen-bond donors (Lipinski definition) is 0. The van der Waals surface area contributed by atoms with Crippen molar-refractivity contribution >= 4 is 23.5 Å². The number of hydrogen-bond acceptors (Lipinski definition) is 4. The Labute approximate surface area is 188 Å². The van der Waals surface area contributed by atoms with Gasteiger partial charge in [0.05, 0.1) is 13.7 Å². The third kappa shape index (κ3) is 3.95. The summed E-state index contributed by atoms with van der Waals surface area (Å²) in [7, 11) is 3.27. The Morgan fingerprint density at radius 1 is 1.00 bits per heavy atom. The molecule has 2 aromatic carbocycles. The molecule has 0 aromatic heterocycles. The van der Waals surface area contributed by atoms with Crippen molar-refractivity contribution in [2.75, 3.05) is 25.6 Å². The van der Waals surface area contributed by atoms with E-state index in [0.29, 0.717) is 30.8 Å². The van der Waals surface area contributed by atoms with E-state index in [1.54, 1.807) is 36.1 Å². The molecule has 0 N–H and O–H groups in total. The van der Waals surface area contributed by atoms with Crippen molar-refractivity contribution in [3.05, 3.63) is 60.2 Å². The summed E-state index contributed by atoms with van der Waals surface area (Å²) in [6.07, 6.45) is 4.21. The van der Waals surface area contributed by atoms with Crippen molar-refractivity contribution < 1.29 is 19.1 Å². The van der Waals surface area contributed by atoms with E-state index >= 15 is 0 Å². The molecule has 4 amide bonds. The molecule has 2 aliphatic rings. The van der Waals surface area contributed by atoms with Crippen LogP contribution in [-0.2, 0) is 16.1 Å². The van der Waals surface area contributed by atoms with E-state index in [4.69, 9.17) is 4.74 Å². The van der Waals surface area contributed by atoms with E-state index in [0.717, 1.165) is 29.7 Å². The van der Waals surface area contributed by atoms with Crippen LogP contribution in [0.5, 0.6) is 5.75 Å². The number of urea groups is 1. The normalized spacial score (nSPS) is 17.7. The number of ether oxygens (including phenoxy) is 1. The van der Waals surface area contributed by atoms with Gasteiger partial charge < -0.3 is 14.5 Å². The predicted octanol–water partition coefficient (Wildman–Crippen LogP) is 3.83. The molecule has 7 nitrogen and oxygen atoms in total. The average Bonchev–Trinajstić information content (AvgIpc) is 3.00. The molecule has 1 saturated heterocycles. The molecule has 32 heavy (non-hydrogen) atoms. The van der Waals surface area contributed by atoms with Crippen LogP contribution >= 0.6 is 0 Å². The fourth-order valence-corrected chi connectivity index (χ4v) is 4.74. The maximum Gasteiger partial charge on any atom is 0.327 e. The van der Waals surface area contributed by atoms with Gasteiger partial charge >= 0.3 is 6.03 Å². The van der Waals surface area contributed by atoms with Crippen LogP contribution in [0.3, 0.4) is 0 Å². The summed E-state index contributed by atoms with van der Waals surface area (Å²) in [6, 6.07) is 16.5. The van der Waals surface area contributed by atoms with E-state index < -0.39 is 5.54 Å². The predicted molar refractivity (Wildman–Crippen MR) is 121 cm³/mol. The maximum atomic E-state index is 13.5. The van der Waals surface area contributed by atoms with Gasteiger partial charge in [-0.3, -0.25) is 14.5 Å². The molecule has 168 valence electrons. The quantitative estimate of drug-likeness (QED) is 0.647. The van der Waals surface area contributed by atoms with Crippen molar-refractivity contribution in [1.29, 1.82) is 0 Å². The Morgan fingerprint density at radius 2 is 1.66 bits per heavy atom. The standard InChI is InChI=1S/C25H29N3O4/c1-26-24(31)28(23(30)25(26)15-7-4-8-16-25)18-22(29)27(17-19-9-5-3-6-10-19)20-11-13-21(32-2)14-12-20/h3,5-6,9-14H,4,7-8,15-18H2,1-2H3. The minimum Gasteiger partial charge on any atom is -0.497 e. The molecule has 0 unspecified atom stereocenters. The van der Waals surface area contributed by atoms with Gasteiger partial charge in [-0.05, 0) is 42.7 Å². The van der Waals surface area contributed by atoms with Crippen molar-refractivity contribution in [3.8, 4) is 5.75 Å². The largest absolute Gasteiger partial charge is 0.497 e. The Kier molecular flexibility index (Phi) is 6.17. The summed E-state index contributed by atoms with van der Waals surface area (Å²) >= 11 is 0. The first kappa shape index (κ1) is 21.9. The van der Waals surface area contributed by atoms with Crippen LogP contribution in [0.15, 0.2) is 54.6 Å². The lowest BCUT2D eigenvalue weighted by molar-refractivity contribution is -0.136. The minimum absolute atomic E-state index is 0.243. The SMILES string of the molecule is COc1ccc(N(Cc2ccccc2)C(=O)CN2C(=O)N(C)C3(CCCCC3)C2=O)cc1. The molecule has 0 radical (unpaired) electrons. The lowest BCUT2D eigenvalue weighted by Crippen LogP contribution is -2.49. The van der Waals surface area contributed by atoms with Gasteiger partial charge in [0.25, 0.3) is 5.91 Å².